The van der Waals surface area contributed by atoms with Gasteiger partial charge in [-0.1, -0.05) is 269 Å². The first-order valence-electron chi connectivity index (χ1n) is 27.7. The van der Waals surface area contributed by atoms with Crippen LogP contribution in [0.5, 0.6) is 0 Å². The lowest BCUT2D eigenvalue weighted by atomic mass is 10.00. The maximum atomic E-state index is 12.6. The third-order valence-electron chi connectivity index (χ3n) is 13.1. The minimum atomic E-state index is -1.29. The van der Waals surface area contributed by atoms with E-state index < -0.39 is 36.9 Å². The molecule has 0 aromatic carbocycles. The van der Waals surface area contributed by atoms with Gasteiger partial charge in [-0.25, -0.2) is 0 Å². The van der Waals surface area contributed by atoms with Gasteiger partial charge in [0.1, 0.15) is 12.2 Å². The fraction of sp³-hybridized carbons (Fsp3) is 0.911. The molecule has 0 aliphatic carbocycles. The molecule has 62 heavy (non-hydrogen) atoms. The fourth-order valence-electron chi connectivity index (χ4n) is 8.78. The van der Waals surface area contributed by atoms with Crippen molar-refractivity contribution in [2.75, 3.05) is 6.61 Å². The van der Waals surface area contributed by atoms with Gasteiger partial charge in [-0.15, -0.1) is 0 Å². The van der Waals surface area contributed by atoms with Gasteiger partial charge in [-0.3, -0.25) is 4.79 Å². The van der Waals surface area contributed by atoms with Gasteiger partial charge in [0, 0.05) is 0 Å². The number of amides is 1. The number of aliphatic hydroxyl groups excluding tert-OH is 4. The van der Waals surface area contributed by atoms with E-state index in [1.54, 1.807) is 0 Å². The second-order valence-corrected chi connectivity index (χ2v) is 19.3. The molecule has 0 aliphatic heterocycles. The van der Waals surface area contributed by atoms with Crippen molar-refractivity contribution in [3.63, 3.8) is 0 Å². The Bertz CT molecular complexity index is 939. The van der Waals surface area contributed by atoms with E-state index in [0.717, 1.165) is 38.5 Å². The summed E-state index contributed by atoms with van der Waals surface area (Å²) in [4.78, 5) is 12.6. The summed E-state index contributed by atoms with van der Waals surface area (Å²) in [5.74, 6) is -0.593. The van der Waals surface area contributed by atoms with Crippen molar-refractivity contribution >= 4 is 5.91 Å². The smallest absolute Gasteiger partial charge is 0.249 e. The van der Waals surface area contributed by atoms with Crippen molar-refractivity contribution in [2.45, 2.75) is 321 Å². The number of hydrogen-bond acceptors (Lipinski definition) is 5. The summed E-state index contributed by atoms with van der Waals surface area (Å²) in [6.07, 6.45) is 61.1. The second kappa shape index (κ2) is 50.8. The summed E-state index contributed by atoms with van der Waals surface area (Å²) in [5.41, 5.74) is 0. The van der Waals surface area contributed by atoms with E-state index in [1.807, 2.05) is 0 Å². The van der Waals surface area contributed by atoms with Gasteiger partial charge in [0.25, 0.3) is 0 Å². The van der Waals surface area contributed by atoms with Crippen LogP contribution in [0.2, 0.25) is 0 Å². The zero-order valence-corrected chi connectivity index (χ0v) is 41.6. The summed E-state index contributed by atoms with van der Waals surface area (Å²) in [6, 6.07) is -1.01. The summed E-state index contributed by atoms with van der Waals surface area (Å²) < 4.78 is 0. The summed E-state index contributed by atoms with van der Waals surface area (Å²) >= 11 is 0. The van der Waals surface area contributed by atoms with Crippen molar-refractivity contribution in [3.05, 3.63) is 24.3 Å². The molecule has 0 saturated heterocycles. The van der Waals surface area contributed by atoms with Gasteiger partial charge >= 0.3 is 0 Å². The Balaban J connectivity index is 3.60. The molecule has 368 valence electrons. The van der Waals surface area contributed by atoms with Crippen LogP contribution >= 0.6 is 0 Å². The van der Waals surface area contributed by atoms with Crippen LogP contribution in [0.1, 0.15) is 296 Å². The molecule has 0 radical (unpaired) electrons. The van der Waals surface area contributed by atoms with Gasteiger partial charge in [0.15, 0.2) is 0 Å². The van der Waals surface area contributed by atoms with E-state index in [0.29, 0.717) is 19.3 Å². The molecular formula is C56H109NO5. The molecule has 6 heteroatoms. The maximum absolute atomic E-state index is 12.6. The summed E-state index contributed by atoms with van der Waals surface area (Å²) in [6.45, 7) is 4.06. The lowest BCUT2D eigenvalue weighted by Crippen LogP contribution is -2.53. The maximum Gasteiger partial charge on any atom is 0.249 e. The highest BCUT2D eigenvalue weighted by molar-refractivity contribution is 5.80. The molecule has 5 N–H and O–H groups in total. The van der Waals surface area contributed by atoms with E-state index in [2.05, 4.69) is 43.5 Å². The first-order valence-corrected chi connectivity index (χ1v) is 27.7. The molecule has 0 aliphatic rings. The topological polar surface area (TPSA) is 110 Å². The minimum Gasteiger partial charge on any atom is -0.394 e. The minimum absolute atomic E-state index is 0.365. The lowest BCUT2D eigenvalue weighted by Gasteiger charge is -2.27. The Morgan fingerprint density at radius 1 is 0.387 bits per heavy atom. The highest BCUT2D eigenvalue weighted by Gasteiger charge is 2.28. The van der Waals surface area contributed by atoms with E-state index >= 15 is 0 Å². The molecule has 0 bridgehead atoms. The monoisotopic (exact) mass is 876 g/mol. The molecule has 0 aromatic rings. The fourth-order valence-corrected chi connectivity index (χ4v) is 8.78. The Morgan fingerprint density at radius 2 is 0.677 bits per heavy atom. The van der Waals surface area contributed by atoms with Gasteiger partial charge in [0.2, 0.25) is 5.91 Å². The van der Waals surface area contributed by atoms with Gasteiger partial charge < -0.3 is 25.7 Å². The average Bonchev–Trinajstić information content (AvgIpc) is 3.28. The average molecular weight is 876 g/mol. The van der Waals surface area contributed by atoms with Crippen LogP contribution in [0, 0.1) is 0 Å². The number of rotatable bonds is 51. The van der Waals surface area contributed by atoms with Crippen molar-refractivity contribution < 1.29 is 25.2 Å². The molecule has 1 amide bonds. The third-order valence-corrected chi connectivity index (χ3v) is 13.1. The molecule has 0 rings (SSSR count). The van der Waals surface area contributed by atoms with E-state index in [9.17, 15) is 25.2 Å². The first-order chi connectivity index (χ1) is 30.5. The normalized spacial score (nSPS) is 14.0. The zero-order chi connectivity index (χ0) is 45.2. The van der Waals surface area contributed by atoms with E-state index in [1.165, 1.54) is 225 Å². The number of carbonyl (C=O) groups is 1. The molecule has 0 aromatic heterocycles. The van der Waals surface area contributed by atoms with Crippen molar-refractivity contribution in [1.82, 2.24) is 5.32 Å². The summed E-state index contributed by atoms with van der Waals surface area (Å²) in [5, 5.41) is 43.8. The Hall–Kier alpha value is -1.21. The molecule has 0 fully saturated rings. The largest absolute Gasteiger partial charge is 0.394 e. The Morgan fingerprint density at radius 3 is 1.02 bits per heavy atom. The van der Waals surface area contributed by atoms with Crippen LogP contribution in [0.15, 0.2) is 24.3 Å². The number of hydrogen-bond donors (Lipinski definition) is 5. The molecular weight excluding hydrogens is 767 g/mol. The quantitative estimate of drug-likeness (QED) is 0.0309. The van der Waals surface area contributed by atoms with Crippen LogP contribution in [0.3, 0.4) is 0 Å². The van der Waals surface area contributed by atoms with Crippen LogP contribution in [-0.4, -0.2) is 57.3 Å². The molecule has 0 spiro atoms. The number of allylic oxidation sites excluding steroid dienone is 4. The van der Waals surface area contributed by atoms with E-state index in [4.69, 9.17) is 0 Å². The van der Waals surface area contributed by atoms with Crippen LogP contribution in [-0.2, 0) is 4.79 Å². The molecule has 0 heterocycles. The highest BCUT2D eigenvalue weighted by atomic mass is 16.3. The summed E-state index contributed by atoms with van der Waals surface area (Å²) in [7, 11) is 0. The number of carbonyl (C=O) groups excluding carboxylic acids is 1. The molecule has 4 unspecified atom stereocenters. The third kappa shape index (κ3) is 44.0. The van der Waals surface area contributed by atoms with Crippen LogP contribution in [0.4, 0.5) is 0 Å². The number of unbranched alkanes of at least 4 members (excludes halogenated alkanes) is 38. The van der Waals surface area contributed by atoms with Crippen LogP contribution in [0.25, 0.3) is 0 Å². The second-order valence-electron chi connectivity index (χ2n) is 19.3. The Labute approximate surface area is 386 Å². The van der Waals surface area contributed by atoms with Crippen LogP contribution < -0.4 is 5.32 Å². The standard InChI is InChI=1S/C56H109NO5/c1-3-5-7-9-11-13-15-17-19-21-22-23-24-25-26-27-28-29-30-31-32-33-34-36-38-40-42-44-46-48-50-54(60)56(62)57-52(51-58)55(61)53(59)49-47-45-43-41-39-37-35-20-18-16-14-12-10-8-6-4-2/h20,35,41,43,52-55,58-61H,3-19,21-34,36-40,42,44-51H2,1-2H3,(H,57,62)/b35-20+,43-41+. The molecule has 0 saturated carbocycles. The van der Waals surface area contributed by atoms with Crippen molar-refractivity contribution in [1.29, 1.82) is 0 Å². The number of nitrogens with one attached hydrogen (secondary N) is 1. The molecule has 4 atom stereocenters. The zero-order valence-electron chi connectivity index (χ0n) is 41.6. The number of aliphatic hydroxyl groups is 4. The Kier molecular flexibility index (Phi) is 49.8. The molecule has 6 nitrogen and oxygen atoms in total. The van der Waals surface area contributed by atoms with E-state index in [-0.39, 0.29) is 0 Å². The predicted molar refractivity (Wildman–Crippen MR) is 270 cm³/mol. The SMILES string of the molecule is CCCCCCCCC/C=C/CC/C=C/CCCC(O)C(O)C(CO)NC(=O)C(O)CCCCCCCCCCCCCCCCCCCCCCCCCCCCCCCC. The van der Waals surface area contributed by atoms with Gasteiger partial charge in [-0.05, 0) is 51.4 Å². The van der Waals surface area contributed by atoms with Gasteiger partial charge in [0.05, 0.1) is 18.8 Å². The highest BCUT2D eigenvalue weighted by Crippen LogP contribution is 2.18. The van der Waals surface area contributed by atoms with Crippen molar-refractivity contribution in [3.8, 4) is 0 Å². The van der Waals surface area contributed by atoms with Crippen molar-refractivity contribution in [2.24, 2.45) is 0 Å². The lowest BCUT2D eigenvalue weighted by molar-refractivity contribution is -0.132. The first kappa shape index (κ1) is 60.8. The van der Waals surface area contributed by atoms with Gasteiger partial charge in [-0.2, -0.15) is 0 Å². The predicted octanol–water partition coefficient (Wildman–Crippen LogP) is 15.9.